The third kappa shape index (κ3) is 6.10. The summed E-state index contributed by atoms with van der Waals surface area (Å²) in [5.41, 5.74) is 0.858. The van der Waals surface area contributed by atoms with Crippen LogP contribution >= 0.6 is 39.3 Å². The maximum absolute atomic E-state index is 11.8. The Morgan fingerprint density at radius 2 is 1.59 bits per heavy atom. The molecule has 1 aliphatic heterocycles. The van der Waals surface area contributed by atoms with Gasteiger partial charge in [-0.2, -0.15) is 0 Å². The minimum absolute atomic E-state index is 0.514. The Labute approximate surface area is 186 Å². The first kappa shape index (κ1) is 24.0. The molecule has 1 fully saturated rings. The quantitative estimate of drug-likeness (QED) is 0.325. The van der Waals surface area contributed by atoms with Crippen molar-refractivity contribution in [2.24, 2.45) is 0 Å². The van der Waals surface area contributed by atoms with Crippen LogP contribution in [-0.2, 0) is 38.7 Å². The molecule has 0 radical (unpaired) electrons. The molecule has 0 spiro atoms. The first-order valence-electron chi connectivity index (χ1n) is 8.72. The van der Waals surface area contributed by atoms with Crippen molar-refractivity contribution in [3.8, 4) is 0 Å². The van der Waals surface area contributed by atoms with Gasteiger partial charge in [0.2, 0.25) is 0 Å². The standard InChI is InChI=1S/C19H22BrClO7S/c1-9(22)25-16-15(12-5-6-14(21)13(7-12)8-20)28-19(29-4)18(27-11(3)24)17(16)26-10(2)23/h5-7,15-19H,8H2,1-4H3/t15?,16-,17+,18-,19+/m0/s1. The Morgan fingerprint density at radius 3 is 2.10 bits per heavy atom. The molecule has 0 N–H and O–H groups in total. The van der Waals surface area contributed by atoms with E-state index in [2.05, 4.69) is 15.9 Å². The first-order valence-corrected chi connectivity index (χ1v) is 11.5. The van der Waals surface area contributed by atoms with E-state index in [1.807, 2.05) is 6.07 Å². The molecule has 1 aromatic rings. The first-order chi connectivity index (χ1) is 13.7. The summed E-state index contributed by atoms with van der Waals surface area (Å²) in [5.74, 6) is -1.75. The molecule has 0 amide bonds. The second-order valence-corrected chi connectivity index (χ2v) is 8.27. The average Bonchev–Trinajstić information content (AvgIpc) is 2.64. The third-order valence-electron chi connectivity index (χ3n) is 4.18. The lowest BCUT2D eigenvalue weighted by atomic mass is 9.93. The van der Waals surface area contributed by atoms with Gasteiger partial charge in [-0.05, 0) is 23.4 Å². The van der Waals surface area contributed by atoms with E-state index in [1.165, 1.54) is 32.5 Å². The molecule has 1 saturated heterocycles. The van der Waals surface area contributed by atoms with Gasteiger partial charge in [-0.15, -0.1) is 11.8 Å². The van der Waals surface area contributed by atoms with Gasteiger partial charge in [0, 0.05) is 31.1 Å². The maximum atomic E-state index is 11.8. The Bertz CT molecular complexity index is 775. The van der Waals surface area contributed by atoms with Crippen LogP contribution in [0, 0.1) is 0 Å². The summed E-state index contributed by atoms with van der Waals surface area (Å²) in [5, 5.41) is 1.08. The predicted molar refractivity (Wildman–Crippen MR) is 112 cm³/mol. The van der Waals surface area contributed by atoms with E-state index in [9.17, 15) is 14.4 Å². The van der Waals surface area contributed by atoms with E-state index in [0.717, 1.165) is 5.56 Å². The van der Waals surface area contributed by atoms with E-state index in [1.54, 1.807) is 18.4 Å². The number of alkyl halides is 1. The van der Waals surface area contributed by atoms with Crippen LogP contribution in [-0.4, -0.2) is 47.9 Å². The van der Waals surface area contributed by atoms with Gasteiger partial charge in [0.15, 0.2) is 18.3 Å². The summed E-state index contributed by atoms with van der Waals surface area (Å²) >= 11 is 10.9. The molecule has 10 heteroatoms. The van der Waals surface area contributed by atoms with Crippen LogP contribution in [0.5, 0.6) is 0 Å². The smallest absolute Gasteiger partial charge is 0.303 e. The lowest BCUT2D eigenvalue weighted by Gasteiger charge is -2.44. The normalized spacial score (nSPS) is 26.5. The number of benzene rings is 1. The van der Waals surface area contributed by atoms with Crippen molar-refractivity contribution in [1.29, 1.82) is 0 Å². The molecule has 5 atom stereocenters. The minimum Gasteiger partial charge on any atom is -0.455 e. The van der Waals surface area contributed by atoms with Gasteiger partial charge < -0.3 is 18.9 Å². The Hall–Kier alpha value is -1.29. The number of hydrogen-bond donors (Lipinski definition) is 0. The van der Waals surface area contributed by atoms with E-state index < -0.39 is 47.8 Å². The van der Waals surface area contributed by atoms with E-state index in [0.29, 0.717) is 15.9 Å². The molecule has 2 rings (SSSR count). The topological polar surface area (TPSA) is 88.1 Å². The number of esters is 3. The van der Waals surface area contributed by atoms with Crippen LogP contribution in [0.1, 0.15) is 38.0 Å². The van der Waals surface area contributed by atoms with Crippen LogP contribution in [0.15, 0.2) is 18.2 Å². The molecule has 1 aliphatic rings. The number of hydrogen-bond acceptors (Lipinski definition) is 8. The minimum atomic E-state index is -1.04. The van der Waals surface area contributed by atoms with E-state index in [-0.39, 0.29) is 0 Å². The zero-order chi connectivity index (χ0) is 21.7. The van der Waals surface area contributed by atoms with Crippen molar-refractivity contribution in [3.05, 3.63) is 34.3 Å². The second-order valence-electron chi connectivity index (χ2n) is 6.37. The Kier molecular flexibility index (Phi) is 8.81. The van der Waals surface area contributed by atoms with Crippen LogP contribution in [0.2, 0.25) is 5.02 Å². The van der Waals surface area contributed by atoms with Gasteiger partial charge in [0.1, 0.15) is 11.5 Å². The molecule has 1 aromatic carbocycles. The predicted octanol–water partition coefficient (Wildman–Crippen LogP) is 3.79. The molecule has 0 bridgehead atoms. The van der Waals surface area contributed by atoms with Crippen molar-refractivity contribution in [2.45, 2.75) is 56.0 Å². The Morgan fingerprint density at radius 1 is 1.03 bits per heavy atom. The highest BCUT2D eigenvalue weighted by Gasteiger charge is 2.52. The fourth-order valence-corrected chi connectivity index (χ4v) is 4.63. The van der Waals surface area contributed by atoms with Gasteiger partial charge >= 0.3 is 17.9 Å². The molecule has 160 valence electrons. The summed E-state index contributed by atoms with van der Waals surface area (Å²) in [7, 11) is 0. The molecule has 0 aliphatic carbocycles. The molecular weight excluding hydrogens is 488 g/mol. The van der Waals surface area contributed by atoms with E-state index >= 15 is 0 Å². The highest BCUT2D eigenvalue weighted by atomic mass is 79.9. The SMILES string of the molecule is CS[C@H]1OC(c2ccc(Cl)c(CBr)c2)[C@H](OC(C)=O)[C@@H](OC(C)=O)[C@@H]1OC(C)=O. The number of carbonyl (C=O) groups excluding carboxylic acids is 3. The molecule has 1 unspecified atom stereocenters. The monoisotopic (exact) mass is 508 g/mol. The molecular formula is C19H22BrClO7S. The highest BCUT2D eigenvalue weighted by Crippen LogP contribution is 2.41. The molecule has 0 saturated carbocycles. The lowest BCUT2D eigenvalue weighted by molar-refractivity contribution is -0.233. The van der Waals surface area contributed by atoms with Crippen molar-refractivity contribution >= 4 is 57.2 Å². The zero-order valence-electron chi connectivity index (χ0n) is 16.3. The van der Waals surface area contributed by atoms with Crippen molar-refractivity contribution in [3.63, 3.8) is 0 Å². The summed E-state index contributed by atoms with van der Waals surface area (Å²) in [6, 6.07) is 5.30. The van der Waals surface area contributed by atoms with Gasteiger partial charge in [0.25, 0.3) is 0 Å². The van der Waals surface area contributed by atoms with Crippen LogP contribution < -0.4 is 0 Å². The fourth-order valence-electron chi connectivity index (χ4n) is 3.11. The number of ether oxygens (including phenoxy) is 4. The average molecular weight is 510 g/mol. The lowest BCUT2D eigenvalue weighted by Crippen LogP contribution is -2.57. The summed E-state index contributed by atoms with van der Waals surface area (Å²) in [4.78, 5) is 35.3. The van der Waals surface area contributed by atoms with Crippen molar-refractivity contribution < 1.29 is 33.3 Å². The summed E-state index contributed by atoms with van der Waals surface area (Å²) in [6.07, 6.45) is -1.99. The Balaban J connectivity index is 2.54. The van der Waals surface area contributed by atoms with Gasteiger partial charge in [-0.25, -0.2) is 0 Å². The molecule has 29 heavy (non-hydrogen) atoms. The van der Waals surface area contributed by atoms with Gasteiger partial charge in [-0.1, -0.05) is 39.7 Å². The summed E-state index contributed by atoms with van der Waals surface area (Å²) < 4.78 is 22.5. The molecule has 1 heterocycles. The van der Waals surface area contributed by atoms with Crippen molar-refractivity contribution in [2.75, 3.05) is 6.26 Å². The second kappa shape index (κ2) is 10.7. The fraction of sp³-hybridized carbons (Fsp3) is 0.526. The number of thioether (sulfide) groups is 1. The largest absolute Gasteiger partial charge is 0.455 e. The third-order valence-corrected chi connectivity index (χ3v) is 5.99. The zero-order valence-corrected chi connectivity index (χ0v) is 19.5. The summed E-state index contributed by atoms with van der Waals surface area (Å²) in [6.45, 7) is 3.73. The molecule has 0 aromatic heterocycles. The highest BCUT2D eigenvalue weighted by molar-refractivity contribution is 9.08. The van der Waals surface area contributed by atoms with Crippen LogP contribution in [0.3, 0.4) is 0 Å². The number of carbonyl (C=O) groups is 3. The van der Waals surface area contributed by atoms with Crippen LogP contribution in [0.4, 0.5) is 0 Å². The van der Waals surface area contributed by atoms with E-state index in [4.69, 9.17) is 30.5 Å². The van der Waals surface area contributed by atoms with Crippen molar-refractivity contribution in [1.82, 2.24) is 0 Å². The number of halogens is 2. The van der Waals surface area contributed by atoms with Gasteiger partial charge in [0.05, 0.1) is 0 Å². The molecule has 7 nitrogen and oxygen atoms in total. The van der Waals surface area contributed by atoms with Crippen LogP contribution in [0.25, 0.3) is 0 Å². The van der Waals surface area contributed by atoms with Gasteiger partial charge in [-0.3, -0.25) is 14.4 Å². The number of rotatable bonds is 6. The maximum Gasteiger partial charge on any atom is 0.303 e.